The first kappa shape index (κ1) is 12.9. The lowest BCUT2D eigenvalue weighted by atomic mass is 10.1. The van der Waals surface area contributed by atoms with Gasteiger partial charge in [-0.25, -0.2) is 4.98 Å². The van der Waals surface area contributed by atoms with Crippen molar-refractivity contribution in [2.45, 2.75) is 20.4 Å². The zero-order chi connectivity index (χ0) is 14.0. The molecule has 1 heterocycles. The molecular formula is C13H16N4O2. The summed E-state index contributed by atoms with van der Waals surface area (Å²) in [7, 11) is 0. The van der Waals surface area contributed by atoms with E-state index in [0.717, 1.165) is 11.5 Å². The predicted octanol–water partition coefficient (Wildman–Crippen LogP) is 1.58. The van der Waals surface area contributed by atoms with Crippen LogP contribution < -0.4 is 16.8 Å². The van der Waals surface area contributed by atoms with Crippen LogP contribution in [0.15, 0.2) is 22.6 Å². The minimum atomic E-state index is -0.552. The molecule has 0 fully saturated rings. The van der Waals surface area contributed by atoms with Crippen LogP contribution in [0, 0.1) is 13.8 Å². The SMILES string of the molecule is Cc1nc(CNc2cccc(C(N)=O)c2N)oc1C. The Morgan fingerprint density at radius 2 is 2.16 bits per heavy atom. The topological polar surface area (TPSA) is 107 Å². The Labute approximate surface area is 110 Å². The van der Waals surface area contributed by atoms with E-state index in [-0.39, 0.29) is 0 Å². The van der Waals surface area contributed by atoms with Gasteiger partial charge in [-0.05, 0) is 26.0 Å². The molecule has 0 radical (unpaired) electrons. The summed E-state index contributed by atoms with van der Waals surface area (Å²) in [6, 6.07) is 5.07. The molecule has 1 aromatic heterocycles. The Hall–Kier alpha value is -2.50. The van der Waals surface area contributed by atoms with E-state index in [0.29, 0.717) is 29.4 Å². The van der Waals surface area contributed by atoms with Crippen LogP contribution in [0.1, 0.15) is 27.7 Å². The summed E-state index contributed by atoms with van der Waals surface area (Å²) in [6.45, 7) is 4.12. The number of aryl methyl sites for hydroxylation is 2. The van der Waals surface area contributed by atoms with Crippen molar-refractivity contribution in [1.29, 1.82) is 0 Å². The van der Waals surface area contributed by atoms with Crippen LogP contribution in [0.4, 0.5) is 11.4 Å². The van der Waals surface area contributed by atoms with Crippen LogP contribution >= 0.6 is 0 Å². The molecule has 6 heteroatoms. The number of nitrogen functional groups attached to an aromatic ring is 1. The molecule has 0 aliphatic rings. The van der Waals surface area contributed by atoms with Gasteiger partial charge in [0.25, 0.3) is 5.91 Å². The Balaban J connectivity index is 2.16. The van der Waals surface area contributed by atoms with Gasteiger partial charge in [0.05, 0.1) is 29.2 Å². The third-order valence-electron chi connectivity index (χ3n) is 2.87. The van der Waals surface area contributed by atoms with Crippen LogP contribution in [0.2, 0.25) is 0 Å². The van der Waals surface area contributed by atoms with Crippen LogP contribution in [0.5, 0.6) is 0 Å². The Morgan fingerprint density at radius 3 is 2.74 bits per heavy atom. The molecule has 0 saturated carbocycles. The number of nitrogens with one attached hydrogen (secondary N) is 1. The van der Waals surface area contributed by atoms with E-state index >= 15 is 0 Å². The molecule has 100 valence electrons. The first-order valence-corrected chi connectivity index (χ1v) is 5.84. The fourth-order valence-electron chi connectivity index (χ4n) is 1.72. The number of oxazole rings is 1. The zero-order valence-corrected chi connectivity index (χ0v) is 10.9. The number of hydrogen-bond acceptors (Lipinski definition) is 5. The minimum Gasteiger partial charge on any atom is -0.444 e. The number of primary amides is 1. The van der Waals surface area contributed by atoms with E-state index in [2.05, 4.69) is 10.3 Å². The number of rotatable bonds is 4. The summed E-state index contributed by atoms with van der Waals surface area (Å²) >= 11 is 0. The predicted molar refractivity (Wildman–Crippen MR) is 72.7 cm³/mol. The molecule has 2 rings (SSSR count). The number of nitrogens with two attached hydrogens (primary N) is 2. The number of para-hydroxylation sites is 1. The minimum absolute atomic E-state index is 0.296. The second-order valence-electron chi connectivity index (χ2n) is 4.23. The quantitative estimate of drug-likeness (QED) is 0.723. The molecule has 2 aromatic rings. The van der Waals surface area contributed by atoms with Crippen LogP contribution in [-0.2, 0) is 6.54 Å². The van der Waals surface area contributed by atoms with Crippen LogP contribution in [0.25, 0.3) is 0 Å². The van der Waals surface area contributed by atoms with E-state index in [9.17, 15) is 4.79 Å². The van der Waals surface area contributed by atoms with E-state index < -0.39 is 5.91 Å². The van der Waals surface area contributed by atoms with E-state index in [4.69, 9.17) is 15.9 Å². The second-order valence-corrected chi connectivity index (χ2v) is 4.23. The lowest BCUT2D eigenvalue weighted by Crippen LogP contribution is -2.14. The maximum Gasteiger partial charge on any atom is 0.250 e. The molecule has 0 saturated heterocycles. The van der Waals surface area contributed by atoms with Crippen molar-refractivity contribution >= 4 is 17.3 Å². The normalized spacial score (nSPS) is 10.4. The lowest BCUT2D eigenvalue weighted by molar-refractivity contribution is 0.100. The molecule has 1 aromatic carbocycles. The second kappa shape index (κ2) is 5.01. The van der Waals surface area contributed by atoms with Crippen molar-refractivity contribution < 1.29 is 9.21 Å². The highest BCUT2D eigenvalue weighted by Gasteiger charge is 2.10. The summed E-state index contributed by atoms with van der Waals surface area (Å²) in [5, 5.41) is 3.08. The van der Waals surface area contributed by atoms with Crippen LogP contribution in [-0.4, -0.2) is 10.9 Å². The number of carbonyl (C=O) groups is 1. The lowest BCUT2D eigenvalue weighted by Gasteiger charge is -2.09. The Kier molecular flexibility index (Phi) is 3.41. The number of carbonyl (C=O) groups excluding carboxylic acids is 1. The Bertz CT molecular complexity index is 600. The van der Waals surface area contributed by atoms with E-state index in [1.54, 1.807) is 18.2 Å². The molecule has 6 nitrogen and oxygen atoms in total. The number of benzene rings is 1. The first-order chi connectivity index (χ1) is 8.99. The Morgan fingerprint density at radius 1 is 1.42 bits per heavy atom. The number of nitrogens with zero attached hydrogens (tertiary/aromatic N) is 1. The van der Waals surface area contributed by atoms with Crippen molar-refractivity contribution in [1.82, 2.24) is 4.98 Å². The number of hydrogen-bond donors (Lipinski definition) is 3. The smallest absolute Gasteiger partial charge is 0.250 e. The van der Waals surface area contributed by atoms with Gasteiger partial charge in [0.1, 0.15) is 5.76 Å². The molecule has 0 spiro atoms. The summed E-state index contributed by atoms with van der Waals surface area (Å²) < 4.78 is 5.45. The highest BCUT2D eigenvalue weighted by atomic mass is 16.4. The molecule has 0 aliphatic carbocycles. The molecule has 0 unspecified atom stereocenters. The van der Waals surface area contributed by atoms with Gasteiger partial charge < -0.3 is 21.2 Å². The highest BCUT2D eigenvalue weighted by Crippen LogP contribution is 2.23. The number of aromatic nitrogens is 1. The average Bonchev–Trinajstić information content (AvgIpc) is 2.67. The largest absolute Gasteiger partial charge is 0.444 e. The molecule has 0 atom stereocenters. The van der Waals surface area contributed by atoms with Crippen molar-refractivity contribution in [3.8, 4) is 0 Å². The van der Waals surface area contributed by atoms with Gasteiger partial charge in [-0.3, -0.25) is 4.79 Å². The van der Waals surface area contributed by atoms with Gasteiger partial charge in [-0.1, -0.05) is 6.07 Å². The van der Waals surface area contributed by atoms with E-state index in [1.807, 2.05) is 13.8 Å². The zero-order valence-electron chi connectivity index (χ0n) is 10.9. The van der Waals surface area contributed by atoms with Crippen molar-refractivity contribution in [3.05, 3.63) is 41.1 Å². The van der Waals surface area contributed by atoms with Crippen molar-refractivity contribution in [3.63, 3.8) is 0 Å². The summed E-state index contributed by atoms with van der Waals surface area (Å²) in [5.41, 5.74) is 13.2. The standard InChI is InChI=1S/C13H16N4O2/c1-7-8(2)19-11(17-7)6-16-10-5-3-4-9(12(10)14)13(15)18/h3-5,16H,6,14H2,1-2H3,(H2,15,18). The monoisotopic (exact) mass is 260 g/mol. The maximum atomic E-state index is 11.2. The van der Waals surface area contributed by atoms with Gasteiger partial charge >= 0.3 is 0 Å². The number of amides is 1. The molecular weight excluding hydrogens is 244 g/mol. The van der Waals surface area contributed by atoms with Crippen LogP contribution in [0.3, 0.4) is 0 Å². The summed E-state index contributed by atoms with van der Waals surface area (Å²) in [6.07, 6.45) is 0. The van der Waals surface area contributed by atoms with Gasteiger partial charge in [-0.15, -0.1) is 0 Å². The average molecular weight is 260 g/mol. The highest BCUT2D eigenvalue weighted by molar-refractivity contribution is 6.00. The maximum absolute atomic E-state index is 11.2. The van der Waals surface area contributed by atoms with Gasteiger partial charge in [0.2, 0.25) is 5.89 Å². The molecule has 0 aliphatic heterocycles. The third kappa shape index (κ3) is 2.67. The summed E-state index contributed by atoms with van der Waals surface area (Å²) in [4.78, 5) is 15.4. The molecule has 0 bridgehead atoms. The molecule has 5 N–H and O–H groups in total. The van der Waals surface area contributed by atoms with Crippen molar-refractivity contribution in [2.75, 3.05) is 11.1 Å². The fourth-order valence-corrected chi connectivity index (χ4v) is 1.72. The third-order valence-corrected chi connectivity index (χ3v) is 2.87. The van der Waals surface area contributed by atoms with E-state index in [1.165, 1.54) is 0 Å². The van der Waals surface area contributed by atoms with Gasteiger partial charge in [0.15, 0.2) is 0 Å². The van der Waals surface area contributed by atoms with Crippen molar-refractivity contribution in [2.24, 2.45) is 5.73 Å². The number of anilines is 2. The molecule has 19 heavy (non-hydrogen) atoms. The van der Waals surface area contributed by atoms with Gasteiger partial charge in [-0.2, -0.15) is 0 Å². The summed E-state index contributed by atoms with van der Waals surface area (Å²) in [5.74, 6) is 0.804. The first-order valence-electron chi connectivity index (χ1n) is 5.84. The molecule has 1 amide bonds. The fraction of sp³-hybridized carbons (Fsp3) is 0.231. The van der Waals surface area contributed by atoms with Gasteiger partial charge in [0, 0.05) is 0 Å².